The second kappa shape index (κ2) is 6.10. The number of anilines is 1. The summed E-state index contributed by atoms with van der Waals surface area (Å²) in [6.07, 6.45) is -2.53. The molecule has 0 amide bonds. The van der Waals surface area contributed by atoms with Gasteiger partial charge in [-0.1, -0.05) is 30.3 Å². The van der Waals surface area contributed by atoms with Crippen molar-refractivity contribution in [1.29, 1.82) is 0 Å². The van der Waals surface area contributed by atoms with Gasteiger partial charge in [0.05, 0.1) is 4.92 Å². The Balaban J connectivity index is 2.13. The van der Waals surface area contributed by atoms with Crippen LogP contribution in [0.25, 0.3) is 0 Å². The van der Waals surface area contributed by atoms with E-state index in [1.165, 1.54) is 24.3 Å². The maximum absolute atomic E-state index is 12.6. The lowest BCUT2D eigenvalue weighted by Crippen LogP contribution is -2.03. The first-order valence-electron chi connectivity index (χ1n) is 5.92. The van der Waals surface area contributed by atoms with Crippen molar-refractivity contribution < 1.29 is 13.7 Å². The number of benzene rings is 2. The first-order chi connectivity index (χ1) is 9.58. The van der Waals surface area contributed by atoms with Crippen molar-refractivity contribution in [3.63, 3.8) is 0 Å². The molecule has 0 aromatic heterocycles. The quantitative estimate of drug-likeness (QED) is 0.660. The van der Waals surface area contributed by atoms with E-state index in [9.17, 15) is 18.9 Å². The molecule has 1 N–H and O–H groups in total. The van der Waals surface area contributed by atoms with E-state index in [-0.39, 0.29) is 17.8 Å². The average molecular weight is 278 g/mol. The molecule has 104 valence electrons. The number of nitrogens with zero attached hydrogens (tertiary/aromatic N) is 1. The minimum absolute atomic E-state index is 0.0440. The number of hydrogen-bond acceptors (Lipinski definition) is 3. The zero-order valence-electron chi connectivity index (χ0n) is 10.4. The molecule has 0 saturated carbocycles. The number of nitro benzene ring substituents is 1. The van der Waals surface area contributed by atoms with E-state index in [1.54, 1.807) is 24.3 Å². The van der Waals surface area contributed by atoms with Gasteiger partial charge >= 0.3 is 0 Å². The van der Waals surface area contributed by atoms with Crippen LogP contribution in [0.15, 0.2) is 48.5 Å². The van der Waals surface area contributed by atoms with Crippen molar-refractivity contribution >= 4 is 11.4 Å². The van der Waals surface area contributed by atoms with Gasteiger partial charge in [-0.05, 0) is 17.7 Å². The summed E-state index contributed by atoms with van der Waals surface area (Å²) in [6.45, 7) is 0.241. The summed E-state index contributed by atoms with van der Waals surface area (Å²) < 4.78 is 25.1. The highest BCUT2D eigenvalue weighted by Gasteiger charge is 2.12. The Morgan fingerprint density at radius 1 is 1.15 bits per heavy atom. The molecule has 0 aliphatic rings. The van der Waals surface area contributed by atoms with Crippen molar-refractivity contribution in [1.82, 2.24) is 0 Å². The van der Waals surface area contributed by atoms with E-state index in [0.717, 1.165) is 0 Å². The molecule has 20 heavy (non-hydrogen) atoms. The lowest BCUT2D eigenvalue weighted by Gasteiger charge is -2.08. The van der Waals surface area contributed by atoms with Crippen molar-refractivity contribution in [3.05, 3.63) is 69.8 Å². The van der Waals surface area contributed by atoms with Crippen LogP contribution in [0, 0.1) is 10.1 Å². The lowest BCUT2D eigenvalue weighted by molar-refractivity contribution is -0.384. The molecule has 0 atom stereocenters. The third-order valence-corrected chi connectivity index (χ3v) is 2.79. The van der Waals surface area contributed by atoms with Gasteiger partial charge in [0, 0.05) is 18.2 Å². The van der Waals surface area contributed by atoms with Crippen LogP contribution in [0.5, 0.6) is 0 Å². The fourth-order valence-electron chi connectivity index (χ4n) is 1.82. The third kappa shape index (κ3) is 3.28. The van der Waals surface area contributed by atoms with Gasteiger partial charge in [0.2, 0.25) is 0 Å². The van der Waals surface area contributed by atoms with Gasteiger partial charge in [-0.2, -0.15) is 0 Å². The van der Waals surface area contributed by atoms with Crippen molar-refractivity contribution in [2.75, 3.05) is 5.32 Å². The van der Waals surface area contributed by atoms with Gasteiger partial charge in [-0.25, -0.2) is 8.78 Å². The minimum Gasteiger partial charge on any atom is -0.375 e. The predicted molar refractivity (Wildman–Crippen MR) is 71.8 cm³/mol. The number of nitrogens with one attached hydrogen (secondary N) is 1. The second-order valence-corrected chi connectivity index (χ2v) is 4.17. The molecule has 0 fully saturated rings. The number of para-hydroxylation sites is 2. The number of hydrogen-bond donors (Lipinski definition) is 1. The maximum Gasteiger partial charge on any atom is 0.292 e. The fourth-order valence-corrected chi connectivity index (χ4v) is 1.82. The summed E-state index contributed by atoms with van der Waals surface area (Å²) in [5.41, 5.74) is 0.894. The Bertz CT molecular complexity index is 618. The Morgan fingerprint density at radius 3 is 2.60 bits per heavy atom. The Labute approximate surface area is 114 Å². The highest BCUT2D eigenvalue weighted by atomic mass is 19.3. The first kappa shape index (κ1) is 13.9. The molecule has 0 bridgehead atoms. The highest BCUT2D eigenvalue weighted by Crippen LogP contribution is 2.24. The molecule has 0 radical (unpaired) electrons. The monoisotopic (exact) mass is 278 g/mol. The zero-order chi connectivity index (χ0) is 14.5. The standard InChI is InChI=1S/C14H12F2N2O2/c15-14(16)11-5-3-4-10(8-11)9-17-12-6-1-2-7-13(12)18(19)20/h1-8,14,17H,9H2. The minimum atomic E-state index is -2.53. The molecule has 2 aromatic carbocycles. The summed E-state index contributed by atoms with van der Waals surface area (Å²) in [6, 6.07) is 12.2. The summed E-state index contributed by atoms with van der Waals surface area (Å²) in [7, 11) is 0. The topological polar surface area (TPSA) is 55.2 Å². The molecule has 0 spiro atoms. The summed E-state index contributed by atoms with van der Waals surface area (Å²) >= 11 is 0. The number of nitro groups is 1. The highest BCUT2D eigenvalue weighted by molar-refractivity contribution is 5.61. The van der Waals surface area contributed by atoms with E-state index in [2.05, 4.69) is 5.32 Å². The number of halogens is 2. The molecule has 0 saturated heterocycles. The molecule has 0 aliphatic heterocycles. The van der Waals surface area contributed by atoms with E-state index < -0.39 is 11.3 Å². The maximum atomic E-state index is 12.6. The van der Waals surface area contributed by atoms with E-state index in [1.807, 2.05) is 0 Å². The molecule has 2 rings (SSSR count). The Morgan fingerprint density at radius 2 is 1.90 bits per heavy atom. The number of alkyl halides is 2. The van der Waals surface area contributed by atoms with Gasteiger partial charge < -0.3 is 5.32 Å². The molecular formula is C14H12F2N2O2. The first-order valence-corrected chi connectivity index (χ1v) is 5.92. The summed E-state index contributed by atoms with van der Waals surface area (Å²) in [4.78, 5) is 10.4. The molecule has 4 nitrogen and oxygen atoms in total. The molecular weight excluding hydrogens is 266 g/mol. The van der Waals surface area contributed by atoms with Crippen LogP contribution >= 0.6 is 0 Å². The van der Waals surface area contributed by atoms with Crippen LogP contribution in [0.4, 0.5) is 20.2 Å². The largest absolute Gasteiger partial charge is 0.375 e. The van der Waals surface area contributed by atoms with Gasteiger partial charge in [0.1, 0.15) is 5.69 Å². The summed E-state index contributed by atoms with van der Waals surface area (Å²) in [5, 5.41) is 13.7. The van der Waals surface area contributed by atoms with Crippen molar-refractivity contribution in [2.24, 2.45) is 0 Å². The molecule has 0 aliphatic carbocycles. The van der Waals surface area contributed by atoms with Gasteiger partial charge in [0.25, 0.3) is 12.1 Å². The molecule has 6 heteroatoms. The normalized spacial score (nSPS) is 10.6. The van der Waals surface area contributed by atoms with Crippen LogP contribution in [0.2, 0.25) is 0 Å². The van der Waals surface area contributed by atoms with E-state index in [4.69, 9.17) is 0 Å². The Hall–Kier alpha value is -2.50. The predicted octanol–water partition coefficient (Wildman–Crippen LogP) is 4.14. The van der Waals surface area contributed by atoms with Crippen LogP contribution in [0.1, 0.15) is 17.6 Å². The average Bonchev–Trinajstić information content (AvgIpc) is 2.45. The smallest absolute Gasteiger partial charge is 0.292 e. The molecule has 0 heterocycles. The zero-order valence-corrected chi connectivity index (χ0v) is 10.4. The van der Waals surface area contributed by atoms with Gasteiger partial charge in [0.15, 0.2) is 0 Å². The van der Waals surface area contributed by atoms with E-state index >= 15 is 0 Å². The van der Waals surface area contributed by atoms with Crippen LogP contribution in [0.3, 0.4) is 0 Å². The lowest BCUT2D eigenvalue weighted by atomic mass is 10.1. The molecule has 2 aromatic rings. The fraction of sp³-hybridized carbons (Fsp3) is 0.143. The molecule has 0 unspecified atom stereocenters. The SMILES string of the molecule is O=[N+]([O-])c1ccccc1NCc1cccc(C(F)F)c1. The van der Waals surface area contributed by atoms with Gasteiger partial charge in [-0.15, -0.1) is 0 Å². The van der Waals surface area contributed by atoms with Gasteiger partial charge in [-0.3, -0.25) is 10.1 Å². The summed E-state index contributed by atoms with van der Waals surface area (Å²) in [5.74, 6) is 0. The second-order valence-electron chi connectivity index (χ2n) is 4.17. The van der Waals surface area contributed by atoms with Crippen LogP contribution in [-0.2, 0) is 6.54 Å². The van der Waals surface area contributed by atoms with E-state index in [0.29, 0.717) is 11.3 Å². The van der Waals surface area contributed by atoms with Crippen molar-refractivity contribution in [3.8, 4) is 0 Å². The van der Waals surface area contributed by atoms with Crippen molar-refractivity contribution in [2.45, 2.75) is 13.0 Å². The Kier molecular flexibility index (Phi) is 4.24. The van der Waals surface area contributed by atoms with Crippen LogP contribution < -0.4 is 5.32 Å². The third-order valence-electron chi connectivity index (χ3n) is 2.79. The number of rotatable bonds is 5. The van der Waals surface area contributed by atoms with Crippen LogP contribution in [-0.4, -0.2) is 4.92 Å².